The molecule has 11 heteroatoms. The summed E-state index contributed by atoms with van der Waals surface area (Å²) in [6.45, 7) is 11.2. The number of rotatable bonds is 12. The summed E-state index contributed by atoms with van der Waals surface area (Å²) in [6.07, 6.45) is -0.150. The lowest BCUT2D eigenvalue weighted by Gasteiger charge is -2.43. The van der Waals surface area contributed by atoms with Gasteiger partial charge in [-0.05, 0) is 72.8 Å². The minimum absolute atomic E-state index is 0.0885. The molecule has 0 unspecified atom stereocenters. The number of amides is 1. The number of alkyl halides is 3. The molecule has 49 heavy (non-hydrogen) atoms. The van der Waals surface area contributed by atoms with Gasteiger partial charge in [-0.2, -0.15) is 18.3 Å². The van der Waals surface area contributed by atoms with Crippen molar-refractivity contribution >= 4 is 41.2 Å². The van der Waals surface area contributed by atoms with Gasteiger partial charge in [-0.1, -0.05) is 87.5 Å². The Labute approximate surface area is 286 Å². The Morgan fingerprint density at radius 3 is 2.06 bits per heavy atom. The third-order valence-electron chi connectivity index (χ3n) is 8.64. The van der Waals surface area contributed by atoms with Crippen LogP contribution in [0.3, 0.4) is 0 Å². The second-order valence-electron chi connectivity index (χ2n) is 13.8. The second kappa shape index (κ2) is 14.3. The summed E-state index contributed by atoms with van der Waals surface area (Å²) in [5.41, 5.74) is -1.63. The third kappa shape index (κ3) is 8.12. The van der Waals surface area contributed by atoms with Gasteiger partial charge in [0.05, 0.1) is 11.1 Å². The fourth-order valence-corrected chi connectivity index (χ4v) is 10.9. The first-order chi connectivity index (χ1) is 23.1. The molecule has 0 fully saturated rings. The summed E-state index contributed by atoms with van der Waals surface area (Å²) >= 11 is 0. The van der Waals surface area contributed by atoms with Crippen molar-refractivity contribution in [2.75, 3.05) is 11.9 Å². The number of unbranched alkanes of at least 4 members (excludes halogenated alkanes) is 2. The van der Waals surface area contributed by atoms with E-state index in [1.165, 1.54) is 16.4 Å². The van der Waals surface area contributed by atoms with E-state index in [2.05, 4.69) is 79.6 Å². The molecule has 7 nitrogen and oxygen atoms in total. The van der Waals surface area contributed by atoms with Crippen LogP contribution in [0.4, 0.5) is 18.9 Å². The van der Waals surface area contributed by atoms with E-state index in [0.29, 0.717) is 24.2 Å². The highest BCUT2D eigenvalue weighted by Gasteiger charge is 2.50. The number of hydrogen-bond acceptors (Lipinski definition) is 5. The Bertz CT molecular complexity index is 1840. The van der Waals surface area contributed by atoms with Crippen LogP contribution >= 0.6 is 0 Å². The number of pyridine rings is 1. The van der Waals surface area contributed by atoms with E-state index in [9.17, 15) is 23.1 Å². The van der Waals surface area contributed by atoms with Crippen molar-refractivity contribution < 1.29 is 27.5 Å². The van der Waals surface area contributed by atoms with E-state index in [0.717, 1.165) is 36.8 Å². The predicted molar refractivity (Wildman–Crippen MR) is 190 cm³/mol. The highest BCUT2D eigenvalue weighted by atomic mass is 28.4. The van der Waals surface area contributed by atoms with Gasteiger partial charge in [-0.25, -0.2) is 4.98 Å². The second-order valence-corrected chi connectivity index (χ2v) is 18.1. The molecule has 0 atom stereocenters. The molecule has 2 heterocycles. The fraction of sp³-hybridized carbons (Fsp3) is 0.342. The smallest absolute Gasteiger partial charge is 0.407 e. The number of nitrogens with one attached hydrogen (secondary N) is 1. The minimum Gasteiger partial charge on any atom is -0.407 e. The van der Waals surface area contributed by atoms with Crippen LogP contribution < -0.4 is 15.7 Å². The van der Waals surface area contributed by atoms with E-state index in [1.54, 1.807) is 26.0 Å². The summed E-state index contributed by atoms with van der Waals surface area (Å²) in [4.78, 5) is 16.5. The Balaban J connectivity index is 1.27. The zero-order chi connectivity index (χ0) is 35.5. The summed E-state index contributed by atoms with van der Waals surface area (Å²) in [5, 5.41) is 21.4. The lowest BCUT2D eigenvalue weighted by Crippen LogP contribution is -2.66. The fourth-order valence-electron chi connectivity index (χ4n) is 6.29. The summed E-state index contributed by atoms with van der Waals surface area (Å²) in [6, 6.07) is 27.7. The maximum atomic E-state index is 13.2. The largest absolute Gasteiger partial charge is 0.433 e. The van der Waals surface area contributed by atoms with E-state index in [1.807, 2.05) is 23.0 Å². The highest BCUT2D eigenvalue weighted by molar-refractivity contribution is 6.99. The lowest BCUT2D eigenvalue weighted by atomic mass is 9.95. The van der Waals surface area contributed by atoms with Gasteiger partial charge in [-0.15, -0.1) is 0 Å². The molecule has 258 valence electrons. The highest BCUT2D eigenvalue weighted by Crippen LogP contribution is 2.37. The molecule has 0 spiro atoms. The third-order valence-corrected chi connectivity index (χ3v) is 13.7. The molecule has 5 aromatic rings. The normalized spacial score (nSPS) is 12.8. The molecule has 0 aliphatic rings. The van der Waals surface area contributed by atoms with Crippen molar-refractivity contribution in [3.05, 3.63) is 114 Å². The van der Waals surface area contributed by atoms with Crippen molar-refractivity contribution in [1.29, 1.82) is 0 Å². The van der Waals surface area contributed by atoms with Crippen LogP contribution in [0.15, 0.2) is 97.2 Å². The molecule has 0 saturated heterocycles. The number of fused-ring (bicyclic) bond motifs is 1. The monoisotopic (exact) mass is 688 g/mol. The molecule has 0 saturated carbocycles. The molecule has 0 aliphatic carbocycles. The van der Waals surface area contributed by atoms with Crippen LogP contribution in [-0.4, -0.2) is 40.7 Å². The number of carbonyl (C=O) groups excluding carboxylic acids is 1. The predicted octanol–water partition coefficient (Wildman–Crippen LogP) is 7.68. The van der Waals surface area contributed by atoms with Crippen LogP contribution in [0, 0.1) is 0 Å². The van der Waals surface area contributed by atoms with Gasteiger partial charge >= 0.3 is 6.18 Å². The quantitative estimate of drug-likeness (QED) is 0.104. The van der Waals surface area contributed by atoms with Gasteiger partial charge in [0.2, 0.25) is 0 Å². The molecule has 5 rings (SSSR count). The van der Waals surface area contributed by atoms with Crippen molar-refractivity contribution in [2.24, 2.45) is 0 Å². The number of aryl methyl sites for hydroxylation is 1. The SMILES string of the molecule is CC(C)(O)c1cc2nn(CCCCCO[Si](c3ccccc3)(c3ccccc3)C(C)(C)C)cc2cc1NC(=O)c1cccc(C(F)(F)F)n1. The van der Waals surface area contributed by atoms with Gasteiger partial charge in [0.25, 0.3) is 14.2 Å². The van der Waals surface area contributed by atoms with Crippen LogP contribution in [-0.2, 0) is 22.7 Å². The van der Waals surface area contributed by atoms with Crippen LogP contribution in [0.25, 0.3) is 10.9 Å². The van der Waals surface area contributed by atoms with E-state index in [-0.39, 0.29) is 16.4 Å². The number of nitrogens with zero attached hydrogens (tertiary/aromatic N) is 3. The van der Waals surface area contributed by atoms with Gasteiger partial charge in [0.15, 0.2) is 0 Å². The molecule has 0 bridgehead atoms. The summed E-state index contributed by atoms with van der Waals surface area (Å²) in [5.74, 6) is -0.816. The molecular formula is C38H43F3N4O3Si. The van der Waals surface area contributed by atoms with Crippen molar-refractivity contribution in [2.45, 2.75) is 77.2 Å². The number of anilines is 1. The van der Waals surface area contributed by atoms with Crippen molar-refractivity contribution in [3.63, 3.8) is 0 Å². The maximum absolute atomic E-state index is 13.2. The minimum atomic E-state index is -4.68. The zero-order valence-corrected chi connectivity index (χ0v) is 29.5. The Morgan fingerprint density at radius 1 is 0.857 bits per heavy atom. The van der Waals surface area contributed by atoms with E-state index in [4.69, 9.17) is 9.52 Å². The summed E-state index contributed by atoms with van der Waals surface area (Å²) in [7, 11) is -2.59. The average Bonchev–Trinajstić information content (AvgIpc) is 3.45. The van der Waals surface area contributed by atoms with Crippen molar-refractivity contribution in [3.8, 4) is 0 Å². The van der Waals surface area contributed by atoms with Gasteiger partial charge in [0.1, 0.15) is 11.4 Å². The number of aromatic nitrogens is 3. The molecule has 1 amide bonds. The number of benzene rings is 3. The topological polar surface area (TPSA) is 89.3 Å². The molecule has 2 N–H and O–H groups in total. The number of aliphatic hydroxyl groups is 1. The Morgan fingerprint density at radius 2 is 1.49 bits per heavy atom. The van der Waals surface area contributed by atoms with Gasteiger partial charge < -0.3 is 14.8 Å². The Hall–Kier alpha value is -4.32. The standard InChI is InChI=1S/C38H43F3N4O3Si/c1-36(2,3)49(28-16-9-6-10-17-28,29-18-11-7-12-19-29)48-23-14-8-13-22-45-26-27-24-33(30(37(4,5)47)25-32(27)44-45)43-35(46)31-20-15-21-34(42-31)38(39,40)41/h6-7,9-12,15-21,24-26,47H,8,13-14,22-23H2,1-5H3,(H,43,46). The molecule has 0 aliphatic heterocycles. The molecule has 0 radical (unpaired) electrons. The first-order valence-corrected chi connectivity index (χ1v) is 18.3. The van der Waals surface area contributed by atoms with E-state index >= 15 is 0 Å². The number of halogens is 3. The van der Waals surface area contributed by atoms with Crippen LogP contribution in [0.5, 0.6) is 0 Å². The van der Waals surface area contributed by atoms with Gasteiger partial charge in [0, 0.05) is 36.0 Å². The van der Waals surface area contributed by atoms with Gasteiger partial charge in [-0.3, -0.25) is 9.48 Å². The first kappa shape index (κ1) is 36.0. The Kier molecular flexibility index (Phi) is 10.5. The molecule has 3 aromatic carbocycles. The summed E-state index contributed by atoms with van der Waals surface area (Å²) < 4.78 is 48.4. The maximum Gasteiger partial charge on any atom is 0.433 e. The average molecular weight is 689 g/mol. The van der Waals surface area contributed by atoms with Crippen molar-refractivity contribution in [1.82, 2.24) is 14.8 Å². The molecule has 2 aromatic heterocycles. The molecular weight excluding hydrogens is 646 g/mol. The first-order valence-electron chi connectivity index (χ1n) is 16.4. The number of carbonyl (C=O) groups is 1. The van der Waals surface area contributed by atoms with E-state index < -0.39 is 31.7 Å². The lowest BCUT2D eigenvalue weighted by molar-refractivity contribution is -0.141. The van der Waals surface area contributed by atoms with Crippen LogP contribution in [0.2, 0.25) is 5.04 Å². The number of hydrogen-bond donors (Lipinski definition) is 2. The van der Waals surface area contributed by atoms with Crippen LogP contribution in [0.1, 0.15) is 75.6 Å². The zero-order valence-electron chi connectivity index (χ0n) is 28.5.